The molecule has 0 radical (unpaired) electrons. The van der Waals surface area contributed by atoms with E-state index in [1.807, 2.05) is 48.5 Å². The zero-order chi connectivity index (χ0) is 19.1. The third-order valence-electron chi connectivity index (χ3n) is 4.73. The summed E-state index contributed by atoms with van der Waals surface area (Å²) in [4.78, 5) is 26.7. The van der Waals surface area contributed by atoms with Crippen LogP contribution in [0.1, 0.15) is 37.3 Å². The van der Waals surface area contributed by atoms with Gasteiger partial charge in [-0.25, -0.2) is 4.79 Å². The lowest BCUT2D eigenvalue weighted by Crippen LogP contribution is -2.43. The molecule has 142 valence electrons. The molecule has 0 aromatic heterocycles. The Kier molecular flexibility index (Phi) is 6.47. The van der Waals surface area contributed by atoms with Gasteiger partial charge in [0.25, 0.3) is 0 Å². The Morgan fingerprint density at radius 1 is 1.11 bits per heavy atom. The number of anilines is 1. The van der Waals surface area contributed by atoms with Crippen LogP contribution in [0.5, 0.6) is 0 Å². The fourth-order valence-electron chi connectivity index (χ4n) is 3.38. The lowest BCUT2D eigenvalue weighted by Gasteiger charge is -2.23. The average Bonchev–Trinajstić information content (AvgIpc) is 3.18. The first-order valence-corrected chi connectivity index (χ1v) is 9.54. The van der Waals surface area contributed by atoms with Crippen LogP contribution in [0, 0.1) is 0 Å². The monoisotopic (exact) mass is 366 g/mol. The summed E-state index contributed by atoms with van der Waals surface area (Å²) in [6.45, 7) is 2.88. The summed E-state index contributed by atoms with van der Waals surface area (Å²) < 4.78 is 5.40. The van der Waals surface area contributed by atoms with Crippen molar-refractivity contribution in [2.24, 2.45) is 0 Å². The number of benzene rings is 2. The molecule has 1 aliphatic heterocycles. The Balaban J connectivity index is 1.58. The van der Waals surface area contributed by atoms with Crippen molar-refractivity contribution in [3.05, 3.63) is 65.7 Å². The molecular formula is C22H26N2O3. The SMILES string of the molecule is CCCc1cccc(NC(=O)C2CCCN2C(=O)OCc2ccccc2)c1. The molecule has 3 rings (SSSR count). The maximum absolute atomic E-state index is 12.7. The first kappa shape index (κ1) is 19.0. The molecule has 1 heterocycles. The summed E-state index contributed by atoms with van der Waals surface area (Å²) in [6.07, 6.45) is 3.05. The Morgan fingerprint density at radius 3 is 2.67 bits per heavy atom. The van der Waals surface area contributed by atoms with E-state index in [0.29, 0.717) is 13.0 Å². The van der Waals surface area contributed by atoms with E-state index < -0.39 is 12.1 Å². The fourth-order valence-corrected chi connectivity index (χ4v) is 3.38. The number of nitrogens with zero attached hydrogens (tertiary/aromatic N) is 1. The van der Waals surface area contributed by atoms with Crippen molar-refractivity contribution in [1.82, 2.24) is 4.90 Å². The van der Waals surface area contributed by atoms with E-state index in [9.17, 15) is 9.59 Å². The van der Waals surface area contributed by atoms with Gasteiger partial charge in [0.05, 0.1) is 0 Å². The van der Waals surface area contributed by atoms with Crippen LogP contribution in [0.4, 0.5) is 10.5 Å². The summed E-state index contributed by atoms with van der Waals surface area (Å²) in [6, 6.07) is 16.9. The molecule has 1 fully saturated rings. The maximum atomic E-state index is 12.7. The number of aryl methyl sites for hydroxylation is 1. The first-order chi connectivity index (χ1) is 13.2. The van der Waals surface area contributed by atoms with E-state index in [2.05, 4.69) is 18.3 Å². The molecule has 1 N–H and O–H groups in total. The number of carbonyl (C=O) groups excluding carboxylic acids is 2. The molecule has 0 bridgehead atoms. The molecule has 5 nitrogen and oxygen atoms in total. The Bertz CT molecular complexity index is 776. The van der Waals surface area contributed by atoms with Crippen molar-refractivity contribution in [2.75, 3.05) is 11.9 Å². The Hall–Kier alpha value is -2.82. The van der Waals surface area contributed by atoms with Crippen LogP contribution in [0.3, 0.4) is 0 Å². The van der Waals surface area contributed by atoms with Gasteiger partial charge in [-0.3, -0.25) is 9.69 Å². The van der Waals surface area contributed by atoms with Gasteiger partial charge in [-0.05, 0) is 42.5 Å². The highest BCUT2D eigenvalue weighted by molar-refractivity contribution is 5.96. The second-order valence-corrected chi connectivity index (χ2v) is 6.83. The Morgan fingerprint density at radius 2 is 1.89 bits per heavy atom. The van der Waals surface area contributed by atoms with Gasteiger partial charge in [0, 0.05) is 12.2 Å². The van der Waals surface area contributed by atoms with E-state index in [-0.39, 0.29) is 12.5 Å². The van der Waals surface area contributed by atoms with E-state index in [1.165, 1.54) is 10.5 Å². The van der Waals surface area contributed by atoms with E-state index >= 15 is 0 Å². The number of ether oxygens (including phenoxy) is 1. The molecule has 1 atom stereocenters. The lowest BCUT2D eigenvalue weighted by molar-refractivity contribution is -0.120. The standard InChI is InChI=1S/C22H26N2O3/c1-2-8-17-11-6-12-19(15-17)23-21(25)20-13-7-14-24(20)22(26)27-16-18-9-4-3-5-10-18/h3-6,9-12,15,20H,2,7-8,13-14,16H2,1H3,(H,23,25). The number of hydrogen-bond donors (Lipinski definition) is 1. The molecule has 2 aromatic rings. The van der Waals surface area contributed by atoms with Crippen molar-refractivity contribution >= 4 is 17.7 Å². The van der Waals surface area contributed by atoms with Gasteiger partial charge in [-0.2, -0.15) is 0 Å². The first-order valence-electron chi connectivity index (χ1n) is 9.54. The predicted octanol–water partition coefficient (Wildman–Crippen LogP) is 4.38. The summed E-state index contributed by atoms with van der Waals surface area (Å²) in [5.41, 5.74) is 2.90. The van der Waals surface area contributed by atoms with Gasteiger partial charge in [-0.15, -0.1) is 0 Å². The van der Waals surface area contributed by atoms with Crippen LogP contribution in [0.2, 0.25) is 0 Å². The molecule has 0 aliphatic carbocycles. The lowest BCUT2D eigenvalue weighted by atomic mass is 10.1. The minimum atomic E-state index is -0.483. The van der Waals surface area contributed by atoms with Crippen LogP contribution in [0.25, 0.3) is 0 Å². The van der Waals surface area contributed by atoms with Crippen LogP contribution >= 0.6 is 0 Å². The van der Waals surface area contributed by atoms with Gasteiger partial charge >= 0.3 is 6.09 Å². The van der Waals surface area contributed by atoms with E-state index in [4.69, 9.17) is 4.74 Å². The number of nitrogens with one attached hydrogen (secondary N) is 1. The molecule has 1 unspecified atom stereocenters. The average molecular weight is 366 g/mol. The minimum absolute atomic E-state index is 0.155. The van der Waals surface area contributed by atoms with Crippen molar-refractivity contribution in [3.8, 4) is 0 Å². The van der Waals surface area contributed by atoms with Crippen molar-refractivity contribution in [2.45, 2.75) is 45.3 Å². The van der Waals surface area contributed by atoms with E-state index in [1.54, 1.807) is 0 Å². The number of amides is 2. The van der Waals surface area contributed by atoms with Crippen molar-refractivity contribution in [1.29, 1.82) is 0 Å². The third kappa shape index (κ3) is 5.09. The number of carbonyl (C=O) groups is 2. The Labute approximate surface area is 160 Å². The molecular weight excluding hydrogens is 340 g/mol. The van der Waals surface area contributed by atoms with Crippen LogP contribution in [0.15, 0.2) is 54.6 Å². The molecule has 5 heteroatoms. The van der Waals surface area contributed by atoms with Crippen molar-refractivity contribution in [3.63, 3.8) is 0 Å². The normalized spacial score (nSPS) is 16.2. The fraction of sp³-hybridized carbons (Fsp3) is 0.364. The zero-order valence-electron chi connectivity index (χ0n) is 15.7. The van der Waals surface area contributed by atoms with Gasteiger partial charge in [0.2, 0.25) is 5.91 Å². The summed E-state index contributed by atoms with van der Waals surface area (Å²) >= 11 is 0. The second kappa shape index (κ2) is 9.21. The number of likely N-dealkylation sites (tertiary alicyclic amines) is 1. The van der Waals surface area contributed by atoms with Gasteiger partial charge in [0.15, 0.2) is 0 Å². The second-order valence-electron chi connectivity index (χ2n) is 6.83. The molecule has 27 heavy (non-hydrogen) atoms. The molecule has 0 spiro atoms. The van der Waals surface area contributed by atoms with Crippen LogP contribution in [-0.4, -0.2) is 29.5 Å². The van der Waals surface area contributed by atoms with Gasteiger partial charge in [-0.1, -0.05) is 55.8 Å². The topological polar surface area (TPSA) is 58.6 Å². The molecule has 1 aliphatic rings. The highest BCUT2D eigenvalue weighted by Crippen LogP contribution is 2.21. The zero-order valence-corrected chi connectivity index (χ0v) is 15.7. The quantitative estimate of drug-likeness (QED) is 0.825. The largest absolute Gasteiger partial charge is 0.445 e. The minimum Gasteiger partial charge on any atom is -0.445 e. The predicted molar refractivity (Wildman–Crippen MR) is 105 cm³/mol. The summed E-state index contributed by atoms with van der Waals surface area (Å²) in [5.74, 6) is -0.155. The third-order valence-corrected chi connectivity index (χ3v) is 4.73. The molecule has 1 saturated heterocycles. The smallest absolute Gasteiger partial charge is 0.410 e. The van der Waals surface area contributed by atoms with Crippen LogP contribution in [-0.2, 0) is 22.6 Å². The number of rotatable bonds is 6. The summed E-state index contributed by atoms with van der Waals surface area (Å²) in [7, 11) is 0. The molecule has 2 aromatic carbocycles. The van der Waals surface area contributed by atoms with Gasteiger partial charge < -0.3 is 10.1 Å². The highest BCUT2D eigenvalue weighted by atomic mass is 16.6. The molecule has 2 amide bonds. The maximum Gasteiger partial charge on any atom is 0.410 e. The number of hydrogen-bond acceptors (Lipinski definition) is 3. The summed E-state index contributed by atoms with van der Waals surface area (Å²) in [5, 5.41) is 2.95. The van der Waals surface area contributed by atoms with Crippen molar-refractivity contribution < 1.29 is 14.3 Å². The van der Waals surface area contributed by atoms with Gasteiger partial charge in [0.1, 0.15) is 12.6 Å². The molecule has 0 saturated carbocycles. The van der Waals surface area contributed by atoms with Crippen LogP contribution < -0.4 is 5.32 Å². The van der Waals surface area contributed by atoms with E-state index in [0.717, 1.165) is 30.5 Å². The highest BCUT2D eigenvalue weighted by Gasteiger charge is 2.35.